The predicted molar refractivity (Wildman–Crippen MR) is 104 cm³/mol. The molecule has 142 valence electrons. The first-order valence-corrected chi connectivity index (χ1v) is 9.73. The second-order valence-electron chi connectivity index (χ2n) is 7.34. The minimum absolute atomic E-state index is 0.284. The summed E-state index contributed by atoms with van der Waals surface area (Å²) >= 11 is 0. The van der Waals surface area contributed by atoms with Gasteiger partial charge in [0.15, 0.2) is 0 Å². The van der Waals surface area contributed by atoms with Crippen molar-refractivity contribution in [1.82, 2.24) is 0 Å². The molecule has 2 N–H and O–H groups in total. The number of hydrogen-bond donors (Lipinski definition) is 2. The molecule has 1 aliphatic rings. The lowest BCUT2D eigenvalue weighted by Gasteiger charge is -2.27. The number of fused-ring (bicyclic) bond motifs is 2. The lowest BCUT2D eigenvalue weighted by Crippen LogP contribution is -2.18. The molecule has 0 spiro atoms. The third kappa shape index (κ3) is 3.81. The van der Waals surface area contributed by atoms with Crippen LogP contribution in [-0.4, -0.2) is 35.6 Å². The molecule has 4 nitrogen and oxygen atoms in total. The number of rotatable bonds is 7. The maximum absolute atomic E-state index is 9.74. The van der Waals surface area contributed by atoms with Crippen LogP contribution >= 0.6 is 0 Å². The van der Waals surface area contributed by atoms with Crippen LogP contribution in [0.5, 0.6) is 11.5 Å². The van der Waals surface area contributed by atoms with Crippen molar-refractivity contribution >= 4 is 10.8 Å². The molecule has 1 aliphatic carbocycles. The highest BCUT2D eigenvalue weighted by atomic mass is 16.5. The Kier molecular flexibility index (Phi) is 6.05. The third-order valence-corrected chi connectivity index (χ3v) is 4.96. The molecule has 0 saturated heterocycles. The van der Waals surface area contributed by atoms with E-state index in [-0.39, 0.29) is 13.2 Å². The molecule has 26 heavy (non-hydrogen) atoms. The molecule has 2 aromatic rings. The van der Waals surface area contributed by atoms with Gasteiger partial charge in [-0.25, -0.2) is 0 Å². The monoisotopic (exact) mass is 358 g/mol. The van der Waals surface area contributed by atoms with Crippen molar-refractivity contribution in [2.24, 2.45) is 0 Å². The van der Waals surface area contributed by atoms with Gasteiger partial charge in [0.25, 0.3) is 0 Å². The topological polar surface area (TPSA) is 58.9 Å². The van der Waals surface area contributed by atoms with Gasteiger partial charge in [-0.1, -0.05) is 25.1 Å². The van der Waals surface area contributed by atoms with Crippen molar-refractivity contribution in [2.75, 3.05) is 13.2 Å². The van der Waals surface area contributed by atoms with E-state index in [4.69, 9.17) is 9.47 Å². The van der Waals surface area contributed by atoms with E-state index in [1.165, 1.54) is 16.7 Å². The van der Waals surface area contributed by atoms with Gasteiger partial charge >= 0.3 is 0 Å². The van der Waals surface area contributed by atoms with E-state index < -0.39 is 12.2 Å². The summed E-state index contributed by atoms with van der Waals surface area (Å²) in [6.07, 6.45) is 4.07. The zero-order valence-electron chi connectivity index (χ0n) is 16.0. The Bertz CT molecular complexity index is 765. The van der Waals surface area contributed by atoms with Gasteiger partial charge in [0, 0.05) is 21.9 Å². The lowest BCUT2D eigenvalue weighted by atomic mass is 9.85. The number of benzene rings is 2. The number of ether oxygens (including phenoxy) is 2. The number of aliphatic hydroxyl groups is 2. The Labute approximate surface area is 155 Å². The smallest absolute Gasteiger partial charge is 0.131 e. The van der Waals surface area contributed by atoms with E-state index in [1.807, 2.05) is 0 Å². The Hall–Kier alpha value is -1.78. The fourth-order valence-electron chi connectivity index (χ4n) is 3.80. The van der Waals surface area contributed by atoms with Gasteiger partial charge in [0.05, 0.1) is 12.2 Å². The minimum atomic E-state index is -0.510. The average molecular weight is 358 g/mol. The standard InChI is InChI=1S/C22H30O4/c1-4-16-8-7-11-19-20(16)22(26-13-15(3)24)18-10-6-5-9-17(18)21(19)25-12-14(2)23/h7-8,11,14-15,23-24H,4-6,9-10,12-13H2,1-3H3. The molecule has 2 aromatic carbocycles. The molecule has 3 rings (SSSR count). The summed E-state index contributed by atoms with van der Waals surface area (Å²) in [5.74, 6) is 1.81. The van der Waals surface area contributed by atoms with Crippen LogP contribution in [0.3, 0.4) is 0 Å². The zero-order chi connectivity index (χ0) is 18.7. The van der Waals surface area contributed by atoms with Crippen LogP contribution < -0.4 is 9.47 Å². The first-order chi connectivity index (χ1) is 12.5. The summed E-state index contributed by atoms with van der Waals surface area (Å²) in [6, 6.07) is 6.27. The van der Waals surface area contributed by atoms with Gasteiger partial charge in [-0.15, -0.1) is 0 Å². The second kappa shape index (κ2) is 8.28. The normalized spacial score (nSPS) is 16.2. The molecule has 0 bridgehead atoms. The van der Waals surface area contributed by atoms with Gasteiger partial charge < -0.3 is 19.7 Å². The molecule has 0 aliphatic heterocycles. The molecule has 0 amide bonds. The average Bonchev–Trinajstić information content (AvgIpc) is 2.63. The number of hydrogen-bond acceptors (Lipinski definition) is 4. The molecule has 0 radical (unpaired) electrons. The maximum atomic E-state index is 9.74. The molecule has 0 heterocycles. The van der Waals surface area contributed by atoms with Gasteiger partial charge in [0.1, 0.15) is 24.7 Å². The van der Waals surface area contributed by atoms with E-state index in [9.17, 15) is 10.2 Å². The molecule has 0 saturated carbocycles. The fraction of sp³-hybridized carbons (Fsp3) is 0.545. The Balaban J connectivity index is 2.24. The van der Waals surface area contributed by atoms with E-state index >= 15 is 0 Å². The van der Waals surface area contributed by atoms with Crippen molar-refractivity contribution in [3.63, 3.8) is 0 Å². The summed E-state index contributed by atoms with van der Waals surface area (Å²) in [7, 11) is 0. The highest BCUT2D eigenvalue weighted by Gasteiger charge is 2.25. The van der Waals surface area contributed by atoms with E-state index in [1.54, 1.807) is 13.8 Å². The highest BCUT2D eigenvalue weighted by molar-refractivity contribution is 5.98. The molecular weight excluding hydrogens is 328 g/mol. The Morgan fingerprint density at radius 2 is 1.50 bits per heavy atom. The molecular formula is C22H30O4. The second-order valence-corrected chi connectivity index (χ2v) is 7.34. The third-order valence-electron chi connectivity index (χ3n) is 4.96. The van der Waals surface area contributed by atoms with Crippen molar-refractivity contribution in [2.45, 2.75) is 65.1 Å². The summed E-state index contributed by atoms with van der Waals surface area (Å²) in [5, 5.41) is 21.6. The quantitative estimate of drug-likeness (QED) is 0.790. The molecule has 0 fully saturated rings. The Morgan fingerprint density at radius 3 is 2.08 bits per heavy atom. The van der Waals surface area contributed by atoms with Crippen LogP contribution in [0, 0.1) is 0 Å². The SMILES string of the molecule is CCc1cccc2c(OCC(C)O)c3c(c(OCC(C)O)c12)CCCC3. The van der Waals surface area contributed by atoms with Crippen molar-refractivity contribution in [3.8, 4) is 11.5 Å². The van der Waals surface area contributed by atoms with E-state index in [0.29, 0.717) is 0 Å². The number of aliphatic hydroxyl groups excluding tert-OH is 2. The Morgan fingerprint density at radius 1 is 0.923 bits per heavy atom. The zero-order valence-corrected chi connectivity index (χ0v) is 16.0. The molecule has 0 aromatic heterocycles. The van der Waals surface area contributed by atoms with Gasteiger partial charge in [0.2, 0.25) is 0 Å². The van der Waals surface area contributed by atoms with Crippen LogP contribution in [-0.2, 0) is 19.3 Å². The van der Waals surface area contributed by atoms with Crippen LogP contribution in [0.1, 0.15) is 50.3 Å². The summed E-state index contributed by atoms with van der Waals surface area (Å²) in [4.78, 5) is 0. The van der Waals surface area contributed by atoms with Gasteiger partial charge in [-0.05, 0) is 51.5 Å². The molecule has 2 atom stereocenters. The maximum Gasteiger partial charge on any atom is 0.131 e. The largest absolute Gasteiger partial charge is 0.490 e. The van der Waals surface area contributed by atoms with Crippen LogP contribution in [0.4, 0.5) is 0 Å². The first-order valence-electron chi connectivity index (χ1n) is 9.73. The molecule has 4 heteroatoms. The lowest BCUT2D eigenvalue weighted by molar-refractivity contribution is 0.120. The fourth-order valence-corrected chi connectivity index (χ4v) is 3.80. The van der Waals surface area contributed by atoms with Gasteiger partial charge in [-0.3, -0.25) is 0 Å². The summed E-state index contributed by atoms with van der Waals surface area (Å²) in [5.41, 5.74) is 3.64. The highest BCUT2D eigenvalue weighted by Crippen LogP contribution is 2.45. The first kappa shape index (κ1) is 19.0. The summed E-state index contributed by atoms with van der Waals surface area (Å²) < 4.78 is 12.3. The minimum Gasteiger partial charge on any atom is -0.490 e. The summed E-state index contributed by atoms with van der Waals surface area (Å²) in [6.45, 7) is 6.20. The van der Waals surface area contributed by atoms with Crippen LogP contribution in [0.25, 0.3) is 10.8 Å². The molecule has 2 unspecified atom stereocenters. The van der Waals surface area contributed by atoms with Crippen LogP contribution in [0.2, 0.25) is 0 Å². The van der Waals surface area contributed by atoms with Crippen molar-refractivity contribution in [3.05, 3.63) is 34.9 Å². The van der Waals surface area contributed by atoms with Crippen molar-refractivity contribution in [1.29, 1.82) is 0 Å². The number of aryl methyl sites for hydroxylation is 1. The van der Waals surface area contributed by atoms with Crippen molar-refractivity contribution < 1.29 is 19.7 Å². The van der Waals surface area contributed by atoms with E-state index in [0.717, 1.165) is 54.4 Å². The van der Waals surface area contributed by atoms with E-state index in [2.05, 4.69) is 25.1 Å². The predicted octanol–water partition coefficient (Wildman–Crippen LogP) is 3.80. The van der Waals surface area contributed by atoms with Gasteiger partial charge in [-0.2, -0.15) is 0 Å². The van der Waals surface area contributed by atoms with Crippen LogP contribution in [0.15, 0.2) is 18.2 Å².